The van der Waals surface area contributed by atoms with E-state index in [-0.39, 0.29) is 18.0 Å². The van der Waals surface area contributed by atoms with Crippen LogP contribution in [0.2, 0.25) is 0 Å². The molecule has 7 nitrogen and oxygen atoms in total. The summed E-state index contributed by atoms with van der Waals surface area (Å²) in [5, 5.41) is 14.2. The van der Waals surface area contributed by atoms with Gasteiger partial charge in [-0.15, -0.1) is 0 Å². The van der Waals surface area contributed by atoms with E-state index in [4.69, 9.17) is 4.74 Å². The zero-order valence-corrected chi connectivity index (χ0v) is 10.8. The number of rotatable bonds is 4. The van der Waals surface area contributed by atoms with Crippen LogP contribution >= 0.6 is 0 Å². The van der Waals surface area contributed by atoms with Gasteiger partial charge in [-0.2, -0.15) is 0 Å². The number of nitro groups is 1. The van der Waals surface area contributed by atoms with E-state index >= 15 is 0 Å². The van der Waals surface area contributed by atoms with Gasteiger partial charge >= 0.3 is 5.82 Å². The maximum absolute atomic E-state index is 11.0. The molecule has 1 aliphatic carbocycles. The molecule has 2 atom stereocenters. The van der Waals surface area contributed by atoms with Crippen LogP contribution in [0.3, 0.4) is 0 Å². The van der Waals surface area contributed by atoms with Crippen LogP contribution in [0.1, 0.15) is 25.1 Å². The second-order valence-electron chi connectivity index (χ2n) is 4.60. The molecule has 0 aliphatic heterocycles. The first kappa shape index (κ1) is 12.8. The number of imidazole rings is 1. The summed E-state index contributed by atoms with van der Waals surface area (Å²) in [6.45, 7) is 1.75. The monoisotopic (exact) mass is 254 g/mol. The standard InChI is InChI=1S/C11H18N4O3/c1-7-12-11(15(16)17)10(14(7)2)13-8-5-4-6-9(8)18-3/h8-9,13H,4-6H2,1-3H3. The molecular weight excluding hydrogens is 236 g/mol. The van der Waals surface area contributed by atoms with Crippen molar-refractivity contribution < 1.29 is 9.66 Å². The van der Waals surface area contributed by atoms with E-state index < -0.39 is 4.92 Å². The van der Waals surface area contributed by atoms with E-state index in [1.807, 2.05) is 0 Å². The fraction of sp³-hybridized carbons (Fsp3) is 0.727. The number of hydrogen-bond donors (Lipinski definition) is 1. The third kappa shape index (κ3) is 2.17. The Bertz CT molecular complexity index is 457. The van der Waals surface area contributed by atoms with Crippen molar-refractivity contribution >= 4 is 11.6 Å². The highest BCUT2D eigenvalue weighted by Gasteiger charge is 2.31. The molecule has 1 fully saturated rings. The number of anilines is 1. The molecule has 0 aromatic carbocycles. The minimum absolute atomic E-state index is 0.111. The molecule has 1 N–H and O–H groups in total. The van der Waals surface area contributed by atoms with Crippen LogP contribution in [0.5, 0.6) is 0 Å². The van der Waals surface area contributed by atoms with Crippen LogP contribution < -0.4 is 5.32 Å². The Morgan fingerprint density at radius 2 is 2.28 bits per heavy atom. The third-order valence-corrected chi connectivity index (χ3v) is 3.55. The Hall–Kier alpha value is -1.63. The molecule has 100 valence electrons. The quantitative estimate of drug-likeness (QED) is 0.652. The van der Waals surface area contributed by atoms with Crippen LogP contribution in [-0.4, -0.2) is 33.7 Å². The molecule has 0 bridgehead atoms. The summed E-state index contributed by atoms with van der Waals surface area (Å²) in [4.78, 5) is 14.5. The highest BCUT2D eigenvalue weighted by molar-refractivity contribution is 5.54. The van der Waals surface area contributed by atoms with Gasteiger partial charge in [0, 0.05) is 21.1 Å². The average molecular weight is 254 g/mol. The van der Waals surface area contributed by atoms with Gasteiger partial charge in [0.05, 0.1) is 12.1 Å². The van der Waals surface area contributed by atoms with Crippen LogP contribution in [0, 0.1) is 17.0 Å². The van der Waals surface area contributed by atoms with Gasteiger partial charge in [0.15, 0.2) is 0 Å². The van der Waals surface area contributed by atoms with Crippen LogP contribution in [0.25, 0.3) is 0 Å². The molecular formula is C11H18N4O3. The van der Waals surface area contributed by atoms with E-state index in [0.717, 1.165) is 19.3 Å². The topological polar surface area (TPSA) is 82.2 Å². The van der Waals surface area contributed by atoms with E-state index in [1.54, 1.807) is 25.6 Å². The van der Waals surface area contributed by atoms with Gasteiger partial charge in [-0.05, 0) is 29.2 Å². The Morgan fingerprint density at radius 3 is 2.89 bits per heavy atom. The van der Waals surface area contributed by atoms with Gasteiger partial charge in [-0.3, -0.25) is 4.57 Å². The zero-order chi connectivity index (χ0) is 13.3. The molecule has 1 aromatic heterocycles. The minimum atomic E-state index is -0.452. The predicted octanol–water partition coefficient (Wildman–Crippen LogP) is 1.62. The number of aromatic nitrogens is 2. The summed E-state index contributed by atoms with van der Waals surface area (Å²) < 4.78 is 7.09. The normalized spacial score (nSPS) is 23.3. The van der Waals surface area contributed by atoms with Gasteiger partial charge in [0.2, 0.25) is 11.6 Å². The summed E-state index contributed by atoms with van der Waals surface area (Å²) in [7, 11) is 3.45. The largest absolute Gasteiger partial charge is 0.406 e. The van der Waals surface area contributed by atoms with Crippen molar-refractivity contribution in [1.82, 2.24) is 9.55 Å². The van der Waals surface area contributed by atoms with Crippen molar-refractivity contribution in [1.29, 1.82) is 0 Å². The molecule has 1 aromatic rings. The van der Waals surface area contributed by atoms with Gasteiger partial charge in [0.1, 0.15) is 0 Å². The predicted molar refractivity (Wildman–Crippen MR) is 66.7 cm³/mol. The molecule has 7 heteroatoms. The third-order valence-electron chi connectivity index (χ3n) is 3.55. The first-order valence-electron chi connectivity index (χ1n) is 6.01. The highest BCUT2D eigenvalue weighted by atomic mass is 16.6. The molecule has 2 unspecified atom stereocenters. The summed E-state index contributed by atoms with van der Waals surface area (Å²) in [6, 6.07) is 0.114. The van der Waals surface area contributed by atoms with Gasteiger partial charge in [0.25, 0.3) is 0 Å². The van der Waals surface area contributed by atoms with Crippen molar-refractivity contribution in [2.75, 3.05) is 12.4 Å². The smallest absolute Gasteiger partial charge is 0.379 e. The number of ether oxygens (including phenoxy) is 1. The second kappa shape index (κ2) is 4.93. The lowest BCUT2D eigenvalue weighted by Crippen LogP contribution is -2.30. The molecule has 1 aliphatic rings. The van der Waals surface area contributed by atoms with Gasteiger partial charge < -0.3 is 20.2 Å². The number of hydrogen-bond acceptors (Lipinski definition) is 5. The molecule has 0 amide bonds. The first-order valence-corrected chi connectivity index (χ1v) is 6.01. The molecule has 1 saturated carbocycles. The Labute approximate surface area is 105 Å². The Morgan fingerprint density at radius 1 is 1.56 bits per heavy atom. The van der Waals surface area contributed by atoms with Gasteiger partial charge in [-0.1, -0.05) is 0 Å². The van der Waals surface area contributed by atoms with Crippen LogP contribution in [0.4, 0.5) is 11.6 Å². The number of methoxy groups -OCH3 is 1. The molecule has 2 rings (SSSR count). The fourth-order valence-corrected chi connectivity index (χ4v) is 2.43. The second-order valence-corrected chi connectivity index (χ2v) is 4.60. The molecule has 1 heterocycles. The molecule has 0 spiro atoms. The summed E-state index contributed by atoms with van der Waals surface area (Å²) in [6.07, 6.45) is 3.12. The van der Waals surface area contributed by atoms with E-state index in [2.05, 4.69) is 10.3 Å². The van der Waals surface area contributed by atoms with Crippen molar-refractivity contribution in [2.24, 2.45) is 7.05 Å². The summed E-state index contributed by atoms with van der Waals surface area (Å²) >= 11 is 0. The fourth-order valence-electron chi connectivity index (χ4n) is 2.43. The number of aryl methyl sites for hydroxylation is 1. The summed E-state index contributed by atoms with van der Waals surface area (Å²) in [5.41, 5.74) is 0. The lowest BCUT2D eigenvalue weighted by Gasteiger charge is -2.20. The lowest BCUT2D eigenvalue weighted by atomic mass is 10.2. The summed E-state index contributed by atoms with van der Waals surface area (Å²) in [5.74, 6) is 0.972. The van der Waals surface area contributed by atoms with Crippen molar-refractivity contribution in [3.8, 4) is 0 Å². The molecule has 18 heavy (non-hydrogen) atoms. The minimum Gasteiger partial charge on any atom is -0.379 e. The Kier molecular flexibility index (Phi) is 3.51. The maximum Gasteiger partial charge on any atom is 0.406 e. The van der Waals surface area contributed by atoms with E-state index in [1.165, 1.54) is 0 Å². The first-order chi connectivity index (χ1) is 8.54. The number of nitrogens with one attached hydrogen (secondary N) is 1. The van der Waals surface area contributed by atoms with Crippen LogP contribution in [-0.2, 0) is 11.8 Å². The average Bonchev–Trinajstić information content (AvgIpc) is 2.88. The lowest BCUT2D eigenvalue weighted by molar-refractivity contribution is -0.388. The SMILES string of the molecule is COC1CCCC1Nc1c([N+](=O)[O-])nc(C)n1C. The van der Waals surface area contributed by atoms with Crippen molar-refractivity contribution in [3.63, 3.8) is 0 Å². The van der Waals surface area contributed by atoms with Gasteiger partial charge in [-0.25, -0.2) is 0 Å². The van der Waals surface area contributed by atoms with E-state index in [9.17, 15) is 10.1 Å². The number of nitrogens with zero attached hydrogens (tertiary/aromatic N) is 3. The van der Waals surface area contributed by atoms with Crippen LogP contribution in [0.15, 0.2) is 0 Å². The molecule has 0 saturated heterocycles. The maximum atomic E-state index is 11.0. The highest BCUT2D eigenvalue weighted by Crippen LogP contribution is 2.29. The Balaban J connectivity index is 2.25. The zero-order valence-electron chi connectivity index (χ0n) is 10.8. The molecule has 0 radical (unpaired) electrons. The van der Waals surface area contributed by atoms with E-state index in [0.29, 0.717) is 11.6 Å². The van der Waals surface area contributed by atoms with Crippen molar-refractivity contribution in [3.05, 3.63) is 15.9 Å². The van der Waals surface area contributed by atoms with Crippen molar-refractivity contribution in [2.45, 2.75) is 38.3 Å².